The molecule has 2 nitrogen and oxygen atoms in total. The van der Waals surface area contributed by atoms with Crippen LogP contribution in [0.4, 0.5) is 5.69 Å². The molecular formula is C14H18N2S. The molecule has 0 saturated carbocycles. The molecule has 0 aliphatic heterocycles. The zero-order chi connectivity index (χ0) is 12.3. The molecule has 0 amide bonds. The lowest BCUT2D eigenvalue weighted by molar-refractivity contribution is 0.900. The molecule has 1 aromatic carbocycles. The summed E-state index contributed by atoms with van der Waals surface area (Å²) in [6.45, 7) is 6.47. The van der Waals surface area contributed by atoms with Gasteiger partial charge >= 0.3 is 0 Å². The second kappa shape index (κ2) is 5.32. The molecule has 1 aromatic heterocycles. The summed E-state index contributed by atoms with van der Waals surface area (Å²) >= 11 is 1.73. The van der Waals surface area contributed by atoms with E-state index < -0.39 is 0 Å². The molecule has 0 saturated heterocycles. The van der Waals surface area contributed by atoms with E-state index in [4.69, 9.17) is 0 Å². The smallest absolute Gasteiger partial charge is 0.0843 e. The Kier molecular flexibility index (Phi) is 3.79. The van der Waals surface area contributed by atoms with Gasteiger partial charge in [-0.15, -0.1) is 11.3 Å². The van der Waals surface area contributed by atoms with Gasteiger partial charge in [0.15, 0.2) is 0 Å². The summed E-state index contributed by atoms with van der Waals surface area (Å²) in [6, 6.07) is 8.93. The van der Waals surface area contributed by atoms with E-state index in [9.17, 15) is 0 Å². The van der Waals surface area contributed by atoms with E-state index in [0.717, 1.165) is 17.8 Å². The van der Waals surface area contributed by atoms with E-state index in [-0.39, 0.29) is 0 Å². The maximum atomic E-state index is 4.47. The quantitative estimate of drug-likeness (QED) is 0.874. The fraction of sp³-hybridized carbons (Fsp3) is 0.357. The number of hydrogen-bond acceptors (Lipinski definition) is 3. The van der Waals surface area contributed by atoms with Gasteiger partial charge in [-0.3, -0.25) is 0 Å². The molecule has 1 heterocycles. The topological polar surface area (TPSA) is 24.9 Å². The van der Waals surface area contributed by atoms with E-state index in [1.165, 1.54) is 10.4 Å². The van der Waals surface area contributed by atoms with Gasteiger partial charge in [-0.2, -0.15) is 0 Å². The molecule has 3 heteroatoms. The molecule has 0 fully saturated rings. The van der Waals surface area contributed by atoms with Crippen LogP contribution >= 0.6 is 11.3 Å². The minimum absolute atomic E-state index is 0.450. The van der Waals surface area contributed by atoms with Crippen LogP contribution in [0.1, 0.15) is 25.6 Å². The molecule has 17 heavy (non-hydrogen) atoms. The predicted octanol–water partition coefficient (Wildman–Crippen LogP) is 4.19. The highest BCUT2D eigenvalue weighted by Gasteiger charge is 2.07. The number of nitrogens with zero attached hydrogens (tertiary/aromatic N) is 1. The highest BCUT2D eigenvalue weighted by atomic mass is 32.1. The Morgan fingerprint density at radius 1 is 1.35 bits per heavy atom. The number of benzene rings is 1. The largest absolute Gasteiger partial charge is 0.383 e. The van der Waals surface area contributed by atoms with Gasteiger partial charge in [0, 0.05) is 22.2 Å². The van der Waals surface area contributed by atoms with Gasteiger partial charge in [0.1, 0.15) is 0 Å². The van der Waals surface area contributed by atoms with E-state index >= 15 is 0 Å². The molecular weight excluding hydrogens is 228 g/mol. The summed E-state index contributed by atoms with van der Waals surface area (Å²) in [7, 11) is 0. The molecule has 0 radical (unpaired) electrons. The van der Waals surface area contributed by atoms with Gasteiger partial charge in [0.25, 0.3) is 0 Å². The summed E-state index contributed by atoms with van der Waals surface area (Å²) in [4.78, 5) is 5.82. The average Bonchev–Trinajstić information content (AvgIpc) is 2.76. The van der Waals surface area contributed by atoms with Crippen LogP contribution in [0, 0.1) is 0 Å². The lowest BCUT2D eigenvalue weighted by Gasteiger charge is -2.11. The number of anilines is 1. The first-order valence-electron chi connectivity index (χ1n) is 6.00. The van der Waals surface area contributed by atoms with Gasteiger partial charge in [-0.1, -0.05) is 19.1 Å². The van der Waals surface area contributed by atoms with E-state index in [2.05, 4.69) is 55.3 Å². The molecule has 0 aliphatic carbocycles. The second-order valence-corrected chi connectivity index (χ2v) is 5.30. The Bertz CT molecular complexity index is 488. The Labute approximate surface area is 107 Å². The number of thiazole rings is 1. The lowest BCUT2D eigenvalue weighted by Crippen LogP contribution is -2.09. The molecule has 0 spiro atoms. The van der Waals surface area contributed by atoms with Crippen LogP contribution in [0.25, 0.3) is 11.3 Å². The van der Waals surface area contributed by atoms with Crippen molar-refractivity contribution in [3.05, 3.63) is 34.7 Å². The fourth-order valence-corrected chi connectivity index (χ4v) is 2.58. The Morgan fingerprint density at radius 2 is 2.18 bits per heavy atom. The Morgan fingerprint density at radius 3 is 2.88 bits per heavy atom. The normalized spacial score (nSPS) is 10.8. The first-order chi connectivity index (χ1) is 8.20. The molecule has 0 aliphatic rings. The highest BCUT2D eigenvalue weighted by molar-refractivity contribution is 7.10. The maximum Gasteiger partial charge on any atom is 0.0843 e. The van der Waals surface area contributed by atoms with Gasteiger partial charge in [-0.05, 0) is 32.4 Å². The zero-order valence-corrected chi connectivity index (χ0v) is 11.3. The van der Waals surface area contributed by atoms with E-state index in [1.54, 1.807) is 11.3 Å². The molecule has 2 aromatic rings. The Balaban J connectivity index is 2.33. The van der Waals surface area contributed by atoms with Gasteiger partial charge in [0.2, 0.25) is 0 Å². The van der Waals surface area contributed by atoms with Crippen molar-refractivity contribution in [2.24, 2.45) is 0 Å². The third kappa shape index (κ3) is 2.86. The Hall–Kier alpha value is -1.35. The molecule has 1 N–H and O–H groups in total. The second-order valence-electron chi connectivity index (χ2n) is 4.36. The number of hydrogen-bond donors (Lipinski definition) is 1. The van der Waals surface area contributed by atoms with Crippen molar-refractivity contribution in [2.75, 3.05) is 5.32 Å². The summed E-state index contributed by atoms with van der Waals surface area (Å²) in [5, 5.41) is 3.42. The molecule has 90 valence electrons. The van der Waals surface area contributed by atoms with Crippen molar-refractivity contribution in [1.82, 2.24) is 4.98 Å². The predicted molar refractivity (Wildman–Crippen MR) is 75.7 cm³/mol. The minimum Gasteiger partial charge on any atom is -0.383 e. The number of aromatic nitrogens is 1. The first-order valence-corrected chi connectivity index (χ1v) is 6.88. The van der Waals surface area contributed by atoms with Gasteiger partial charge in [-0.25, -0.2) is 4.98 Å². The third-order valence-electron chi connectivity index (χ3n) is 2.55. The molecule has 2 rings (SSSR count). The third-order valence-corrected chi connectivity index (χ3v) is 3.53. The van der Waals surface area contributed by atoms with Crippen molar-refractivity contribution in [3.63, 3.8) is 0 Å². The summed E-state index contributed by atoms with van der Waals surface area (Å²) in [5.41, 5.74) is 5.42. The molecule has 0 bridgehead atoms. The van der Waals surface area contributed by atoms with Crippen molar-refractivity contribution in [2.45, 2.75) is 33.2 Å². The van der Waals surface area contributed by atoms with Crippen LogP contribution in [0.15, 0.2) is 29.8 Å². The number of rotatable bonds is 4. The SMILES string of the molecule is CCc1scnc1-c1cccc(NC(C)C)c1. The van der Waals surface area contributed by atoms with Crippen LogP contribution in [0.2, 0.25) is 0 Å². The minimum atomic E-state index is 0.450. The molecule has 0 atom stereocenters. The summed E-state index contributed by atoms with van der Waals surface area (Å²) < 4.78 is 0. The highest BCUT2D eigenvalue weighted by Crippen LogP contribution is 2.27. The van der Waals surface area contributed by atoms with Crippen molar-refractivity contribution >= 4 is 17.0 Å². The monoisotopic (exact) mass is 246 g/mol. The van der Waals surface area contributed by atoms with Crippen LogP contribution in [-0.2, 0) is 6.42 Å². The maximum absolute atomic E-state index is 4.47. The van der Waals surface area contributed by atoms with Gasteiger partial charge < -0.3 is 5.32 Å². The van der Waals surface area contributed by atoms with Crippen molar-refractivity contribution in [3.8, 4) is 11.3 Å². The zero-order valence-electron chi connectivity index (χ0n) is 10.5. The first kappa shape index (κ1) is 12.1. The number of nitrogens with one attached hydrogen (secondary N) is 1. The summed E-state index contributed by atoms with van der Waals surface area (Å²) in [5.74, 6) is 0. The number of aryl methyl sites for hydroxylation is 1. The fourth-order valence-electron chi connectivity index (χ4n) is 1.85. The average molecular weight is 246 g/mol. The van der Waals surface area contributed by atoms with E-state index in [1.807, 2.05) is 5.51 Å². The van der Waals surface area contributed by atoms with Crippen LogP contribution in [0.5, 0.6) is 0 Å². The van der Waals surface area contributed by atoms with Crippen LogP contribution in [-0.4, -0.2) is 11.0 Å². The van der Waals surface area contributed by atoms with Crippen molar-refractivity contribution in [1.29, 1.82) is 0 Å². The van der Waals surface area contributed by atoms with Crippen LogP contribution < -0.4 is 5.32 Å². The van der Waals surface area contributed by atoms with E-state index in [0.29, 0.717) is 6.04 Å². The standard InChI is InChI=1S/C14H18N2S/c1-4-13-14(15-9-17-13)11-6-5-7-12(8-11)16-10(2)3/h5-10,16H,4H2,1-3H3. The summed E-state index contributed by atoms with van der Waals surface area (Å²) in [6.07, 6.45) is 1.04. The van der Waals surface area contributed by atoms with Crippen molar-refractivity contribution < 1.29 is 0 Å². The van der Waals surface area contributed by atoms with Gasteiger partial charge in [0.05, 0.1) is 11.2 Å². The lowest BCUT2D eigenvalue weighted by atomic mass is 10.1. The van der Waals surface area contributed by atoms with Crippen LogP contribution in [0.3, 0.4) is 0 Å². The molecule has 0 unspecified atom stereocenters.